The zero-order valence-corrected chi connectivity index (χ0v) is 7.79. The SMILES string of the molecule is NC(=O)c1ccc(-n2cccn2)cc1O. The molecular formula is C10H9N3O2. The number of carbonyl (C=O) groups excluding carboxylic acids is 1. The number of aromatic hydroxyl groups is 1. The molecule has 1 aromatic carbocycles. The maximum absolute atomic E-state index is 10.9. The number of aromatic nitrogens is 2. The molecule has 2 aromatic rings. The molecule has 0 atom stereocenters. The Bertz CT molecular complexity index is 491. The minimum atomic E-state index is -0.653. The van der Waals surface area contributed by atoms with Crippen molar-refractivity contribution in [2.45, 2.75) is 0 Å². The van der Waals surface area contributed by atoms with Gasteiger partial charge in [-0.25, -0.2) is 4.68 Å². The third-order valence-electron chi connectivity index (χ3n) is 2.02. The Hall–Kier alpha value is -2.30. The highest BCUT2D eigenvalue weighted by Crippen LogP contribution is 2.20. The van der Waals surface area contributed by atoms with Gasteiger partial charge in [0.15, 0.2) is 0 Å². The lowest BCUT2D eigenvalue weighted by Crippen LogP contribution is -2.11. The largest absolute Gasteiger partial charge is 0.507 e. The zero-order valence-electron chi connectivity index (χ0n) is 7.79. The maximum atomic E-state index is 10.9. The highest BCUT2D eigenvalue weighted by atomic mass is 16.3. The van der Waals surface area contributed by atoms with Crippen molar-refractivity contribution in [1.82, 2.24) is 9.78 Å². The van der Waals surface area contributed by atoms with Gasteiger partial charge in [0.1, 0.15) is 5.75 Å². The second-order valence-electron chi connectivity index (χ2n) is 3.02. The van der Waals surface area contributed by atoms with Gasteiger partial charge in [-0.15, -0.1) is 0 Å². The van der Waals surface area contributed by atoms with Crippen molar-refractivity contribution in [3.8, 4) is 11.4 Å². The number of primary amides is 1. The number of nitrogens with two attached hydrogens (primary N) is 1. The number of nitrogens with zero attached hydrogens (tertiary/aromatic N) is 2. The average Bonchev–Trinajstić information content (AvgIpc) is 2.69. The summed E-state index contributed by atoms with van der Waals surface area (Å²) in [6.07, 6.45) is 3.36. The van der Waals surface area contributed by atoms with Gasteiger partial charge in [0, 0.05) is 18.5 Å². The summed E-state index contributed by atoms with van der Waals surface area (Å²) in [4.78, 5) is 10.9. The summed E-state index contributed by atoms with van der Waals surface area (Å²) in [5.41, 5.74) is 5.83. The van der Waals surface area contributed by atoms with Crippen LogP contribution in [-0.2, 0) is 0 Å². The molecular weight excluding hydrogens is 194 g/mol. The number of hydrogen-bond acceptors (Lipinski definition) is 3. The van der Waals surface area contributed by atoms with Gasteiger partial charge < -0.3 is 10.8 Å². The lowest BCUT2D eigenvalue weighted by molar-refractivity contribution is 0.0998. The Morgan fingerprint density at radius 2 is 2.27 bits per heavy atom. The summed E-state index contributed by atoms with van der Waals surface area (Å²) in [6, 6.07) is 6.33. The molecule has 5 nitrogen and oxygen atoms in total. The Labute approximate surface area is 85.8 Å². The van der Waals surface area contributed by atoms with Crippen LogP contribution in [0.2, 0.25) is 0 Å². The standard InChI is InChI=1S/C10H9N3O2/c11-10(15)8-3-2-7(6-9(8)14)13-5-1-4-12-13/h1-6,14H,(H2,11,15). The van der Waals surface area contributed by atoms with Gasteiger partial charge in [0.05, 0.1) is 11.3 Å². The fraction of sp³-hybridized carbons (Fsp3) is 0. The predicted molar refractivity (Wildman–Crippen MR) is 53.7 cm³/mol. The molecule has 0 saturated carbocycles. The van der Waals surface area contributed by atoms with Crippen molar-refractivity contribution in [2.24, 2.45) is 5.73 Å². The minimum absolute atomic E-state index is 0.103. The van der Waals surface area contributed by atoms with E-state index in [1.165, 1.54) is 12.1 Å². The summed E-state index contributed by atoms with van der Waals surface area (Å²) < 4.78 is 1.57. The Morgan fingerprint density at radius 3 is 2.80 bits per heavy atom. The van der Waals surface area contributed by atoms with Gasteiger partial charge in [0.2, 0.25) is 0 Å². The van der Waals surface area contributed by atoms with Gasteiger partial charge >= 0.3 is 0 Å². The quantitative estimate of drug-likeness (QED) is 0.752. The number of hydrogen-bond donors (Lipinski definition) is 2. The van der Waals surface area contributed by atoms with Gasteiger partial charge in [-0.05, 0) is 18.2 Å². The molecule has 0 aliphatic rings. The molecule has 1 heterocycles. The van der Waals surface area contributed by atoms with E-state index in [2.05, 4.69) is 5.10 Å². The van der Waals surface area contributed by atoms with Gasteiger partial charge in [-0.3, -0.25) is 4.79 Å². The molecule has 2 rings (SSSR count). The third kappa shape index (κ3) is 1.67. The van der Waals surface area contributed by atoms with E-state index < -0.39 is 5.91 Å². The van der Waals surface area contributed by atoms with E-state index in [0.717, 1.165) is 0 Å². The van der Waals surface area contributed by atoms with Crippen molar-refractivity contribution in [3.05, 3.63) is 42.2 Å². The molecule has 0 spiro atoms. The molecule has 76 valence electrons. The monoisotopic (exact) mass is 203 g/mol. The second-order valence-corrected chi connectivity index (χ2v) is 3.02. The van der Waals surface area contributed by atoms with Gasteiger partial charge in [0.25, 0.3) is 5.91 Å². The molecule has 0 unspecified atom stereocenters. The van der Waals surface area contributed by atoms with Gasteiger partial charge in [-0.1, -0.05) is 0 Å². The van der Waals surface area contributed by atoms with Crippen molar-refractivity contribution < 1.29 is 9.90 Å². The lowest BCUT2D eigenvalue weighted by Gasteiger charge is -2.04. The molecule has 3 N–H and O–H groups in total. The molecule has 15 heavy (non-hydrogen) atoms. The lowest BCUT2D eigenvalue weighted by atomic mass is 10.1. The molecule has 0 bridgehead atoms. The van der Waals surface area contributed by atoms with E-state index in [4.69, 9.17) is 5.73 Å². The first-order valence-electron chi connectivity index (χ1n) is 4.31. The van der Waals surface area contributed by atoms with Crippen molar-refractivity contribution in [3.63, 3.8) is 0 Å². The van der Waals surface area contributed by atoms with Gasteiger partial charge in [-0.2, -0.15) is 5.10 Å². The highest BCUT2D eigenvalue weighted by Gasteiger charge is 2.08. The topological polar surface area (TPSA) is 81.1 Å². The normalized spacial score (nSPS) is 10.1. The van der Waals surface area contributed by atoms with Crippen molar-refractivity contribution in [2.75, 3.05) is 0 Å². The van der Waals surface area contributed by atoms with Crippen LogP contribution in [0.25, 0.3) is 5.69 Å². The summed E-state index contributed by atoms with van der Waals surface area (Å²) in [5.74, 6) is -0.796. The summed E-state index contributed by atoms with van der Waals surface area (Å²) in [6.45, 7) is 0. The zero-order chi connectivity index (χ0) is 10.8. The molecule has 1 amide bonds. The third-order valence-corrected chi connectivity index (χ3v) is 2.02. The van der Waals surface area contributed by atoms with Crippen LogP contribution in [0.15, 0.2) is 36.7 Å². The molecule has 0 aliphatic carbocycles. The average molecular weight is 203 g/mol. The van der Waals surface area contributed by atoms with Crippen LogP contribution in [0.3, 0.4) is 0 Å². The number of benzene rings is 1. The Kier molecular flexibility index (Phi) is 2.13. The molecule has 5 heteroatoms. The number of amides is 1. The van der Waals surface area contributed by atoms with Crippen LogP contribution in [0.1, 0.15) is 10.4 Å². The van der Waals surface area contributed by atoms with Crippen LogP contribution >= 0.6 is 0 Å². The number of rotatable bonds is 2. The van der Waals surface area contributed by atoms with Crippen molar-refractivity contribution >= 4 is 5.91 Å². The van der Waals surface area contributed by atoms with E-state index in [9.17, 15) is 9.90 Å². The van der Waals surface area contributed by atoms with Crippen LogP contribution in [0.5, 0.6) is 5.75 Å². The molecule has 0 saturated heterocycles. The van der Waals surface area contributed by atoms with Crippen molar-refractivity contribution in [1.29, 1.82) is 0 Å². The molecule has 0 radical (unpaired) electrons. The number of phenols is 1. The van der Waals surface area contributed by atoms with Crippen LogP contribution < -0.4 is 5.73 Å². The summed E-state index contributed by atoms with van der Waals surface area (Å²) in [5, 5.41) is 13.5. The minimum Gasteiger partial charge on any atom is -0.507 e. The highest BCUT2D eigenvalue weighted by molar-refractivity contribution is 5.95. The first-order chi connectivity index (χ1) is 7.18. The summed E-state index contributed by atoms with van der Waals surface area (Å²) >= 11 is 0. The second kappa shape index (κ2) is 3.45. The fourth-order valence-electron chi connectivity index (χ4n) is 1.29. The molecule has 0 aliphatic heterocycles. The van der Waals surface area contributed by atoms with E-state index in [1.54, 1.807) is 29.2 Å². The fourth-order valence-corrected chi connectivity index (χ4v) is 1.29. The predicted octanol–water partition coefficient (Wildman–Crippen LogP) is 0.677. The first kappa shape index (κ1) is 9.26. The van der Waals surface area contributed by atoms with Crippen LogP contribution in [0, 0.1) is 0 Å². The van der Waals surface area contributed by atoms with E-state index in [0.29, 0.717) is 5.69 Å². The maximum Gasteiger partial charge on any atom is 0.252 e. The Balaban J connectivity index is 2.47. The molecule has 0 fully saturated rings. The van der Waals surface area contributed by atoms with E-state index in [-0.39, 0.29) is 11.3 Å². The molecule has 1 aromatic heterocycles. The number of carbonyl (C=O) groups is 1. The van der Waals surface area contributed by atoms with Crippen LogP contribution in [-0.4, -0.2) is 20.8 Å². The van der Waals surface area contributed by atoms with E-state index >= 15 is 0 Å². The van der Waals surface area contributed by atoms with Crippen LogP contribution in [0.4, 0.5) is 0 Å². The Morgan fingerprint density at radius 1 is 1.47 bits per heavy atom. The first-order valence-corrected chi connectivity index (χ1v) is 4.31. The smallest absolute Gasteiger partial charge is 0.252 e. The summed E-state index contributed by atoms with van der Waals surface area (Å²) in [7, 11) is 0. The van der Waals surface area contributed by atoms with E-state index in [1.807, 2.05) is 0 Å².